The Morgan fingerprint density at radius 1 is 1.53 bits per heavy atom. The van der Waals surface area contributed by atoms with E-state index in [9.17, 15) is 9.90 Å². The van der Waals surface area contributed by atoms with Gasteiger partial charge in [0.1, 0.15) is 6.04 Å². The third-order valence-corrected chi connectivity index (χ3v) is 3.48. The fourth-order valence-electron chi connectivity index (χ4n) is 2.28. The predicted octanol–water partition coefficient (Wildman–Crippen LogP) is 1.11. The summed E-state index contributed by atoms with van der Waals surface area (Å²) in [6, 6.07) is 5.70. The molecule has 1 aliphatic rings. The molecular weight excluding hydrogens is 242 g/mol. The van der Waals surface area contributed by atoms with E-state index in [1.165, 1.54) is 0 Å². The van der Waals surface area contributed by atoms with E-state index in [2.05, 4.69) is 15.5 Å². The summed E-state index contributed by atoms with van der Waals surface area (Å²) in [4.78, 5) is 13.8. The van der Waals surface area contributed by atoms with Gasteiger partial charge in [-0.1, -0.05) is 6.07 Å². The minimum absolute atomic E-state index is 0.0127. The number of nitrogens with zero attached hydrogens (tertiary/aromatic N) is 1. The van der Waals surface area contributed by atoms with Crippen LogP contribution in [0.1, 0.15) is 24.9 Å². The molecule has 5 nitrogen and oxygen atoms in total. The lowest BCUT2D eigenvalue weighted by atomic mass is 10.1. The van der Waals surface area contributed by atoms with Crippen molar-refractivity contribution in [3.63, 3.8) is 0 Å². The number of carbonyl (C=O) groups excluding carboxylic acids is 1. The number of amides is 1. The van der Waals surface area contributed by atoms with Crippen LogP contribution in [-0.4, -0.2) is 37.8 Å². The molecule has 0 aromatic heterocycles. The number of anilines is 2. The van der Waals surface area contributed by atoms with Crippen molar-refractivity contribution >= 4 is 17.3 Å². The molecule has 1 heterocycles. The summed E-state index contributed by atoms with van der Waals surface area (Å²) >= 11 is 0. The highest BCUT2D eigenvalue weighted by atomic mass is 16.3. The summed E-state index contributed by atoms with van der Waals surface area (Å²) in [5.41, 5.74) is 2.89. The van der Waals surface area contributed by atoms with Crippen LogP contribution in [-0.2, 0) is 4.79 Å². The van der Waals surface area contributed by atoms with Gasteiger partial charge in [-0.05, 0) is 32.5 Å². The first-order valence-corrected chi connectivity index (χ1v) is 6.54. The molecule has 0 fully saturated rings. The van der Waals surface area contributed by atoms with Crippen LogP contribution in [0.15, 0.2) is 18.2 Å². The number of carbonyl (C=O) groups is 1. The lowest BCUT2D eigenvalue weighted by Gasteiger charge is -2.21. The van der Waals surface area contributed by atoms with Crippen molar-refractivity contribution in [1.29, 1.82) is 0 Å². The third kappa shape index (κ3) is 2.88. The Hall–Kier alpha value is -1.59. The summed E-state index contributed by atoms with van der Waals surface area (Å²) in [5, 5.41) is 15.2. The van der Waals surface area contributed by atoms with Gasteiger partial charge in [0.15, 0.2) is 0 Å². The Kier molecular flexibility index (Phi) is 4.07. The molecule has 0 aliphatic carbocycles. The van der Waals surface area contributed by atoms with Crippen molar-refractivity contribution in [2.24, 2.45) is 0 Å². The van der Waals surface area contributed by atoms with Crippen LogP contribution in [0.4, 0.5) is 11.4 Å². The first-order chi connectivity index (χ1) is 9.02. The van der Waals surface area contributed by atoms with Crippen molar-refractivity contribution in [3.05, 3.63) is 23.8 Å². The second-order valence-electron chi connectivity index (χ2n) is 5.04. The van der Waals surface area contributed by atoms with E-state index in [4.69, 9.17) is 0 Å². The fraction of sp³-hybridized carbons (Fsp3) is 0.500. The number of fused-ring (bicyclic) bond motifs is 1. The molecule has 1 aliphatic heterocycles. The van der Waals surface area contributed by atoms with Gasteiger partial charge >= 0.3 is 0 Å². The van der Waals surface area contributed by atoms with E-state index >= 15 is 0 Å². The lowest BCUT2D eigenvalue weighted by molar-refractivity contribution is -0.117. The number of nitrogens with one attached hydrogen (secondary N) is 2. The summed E-state index contributed by atoms with van der Waals surface area (Å²) < 4.78 is 0. The van der Waals surface area contributed by atoms with Crippen LogP contribution < -0.4 is 15.5 Å². The summed E-state index contributed by atoms with van der Waals surface area (Å²) in [6.45, 7) is 2.56. The number of hydrogen-bond donors (Lipinski definition) is 3. The van der Waals surface area contributed by atoms with Gasteiger partial charge in [-0.3, -0.25) is 4.79 Å². The Labute approximate surface area is 113 Å². The van der Waals surface area contributed by atoms with Crippen molar-refractivity contribution in [2.75, 3.05) is 30.9 Å². The maximum Gasteiger partial charge on any atom is 0.246 e. The minimum Gasteiger partial charge on any atom is -0.393 e. The molecule has 0 spiro atoms. The van der Waals surface area contributed by atoms with Crippen LogP contribution in [0, 0.1) is 0 Å². The molecule has 0 radical (unpaired) electrons. The highest BCUT2D eigenvalue weighted by Crippen LogP contribution is 2.33. The van der Waals surface area contributed by atoms with Gasteiger partial charge in [-0.25, -0.2) is 0 Å². The molecule has 5 heteroatoms. The Morgan fingerprint density at radius 3 is 2.89 bits per heavy atom. The molecule has 104 valence electrons. The monoisotopic (exact) mass is 263 g/mol. The zero-order valence-corrected chi connectivity index (χ0v) is 11.6. The second-order valence-corrected chi connectivity index (χ2v) is 5.04. The molecular formula is C14H21N3O2. The van der Waals surface area contributed by atoms with Gasteiger partial charge in [-0.15, -0.1) is 0 Å². The minimum atomic E-state index is -0.301. The predicted molar refractivity (Wildman–Crippen MR) is 76.4 cm³/mol. The van der Waals surface area contributed by atoms with Gasteiger partial charge in [-0.2, -0.15) is 0 Å². The zero-order valence-electron chi connectivity index (χ0n) is 11.6. The van der Waals surface area contributed by atoms with E-state index in [1.807, 2.05) is 25.2 Å². The van der Waals surface area contributed by atoms with Gasteiger partial charge in [0.05, 0.1) is 6.10 Å². The fourth-order valence-corrected chi connectivity index (χ4v) is 2.28. The van der Waals surface area contributed by atoms with Crippen molar-refractivity contribution in [1.82, 2.24) is 5.32 Å². The number of hydrogen-bond acceptors (Lipinski definition) is 4. The molecule has 1 aromatic carbocycles. The molecule has 2 unspecified atom stereocenters. The molecule has 2 atom stereocenters. The van der Waals surface area contributed by atoms with Crippen LogP contribution >= 0.6 is 0 Å². The maximum atomic E-state index is 11.7. The molecule has 0 saturated heterocycles. The van der Waals surface area contributed by atoms with Gasteiger partial charge in [0, 0.05) is 30.5 Å². The van der Waals surface area contributed by atoms with E-state index < -0.39 is 0 Å². The number of aliphatic hydroxyl groups excluding tert-OH is 1. The van der Waals surface area contributed by atoms with Crippen molar-refractivity contribution in [2.45, 2.75) is 25.5 Å². The third-order valence-electron chi connectivity index (χ3n) is 3.48. The average Bonchev–Trinajstić information content (AvgIpc) is 2.69. The van der Waals surface area contributed by atoms with Gasteiger partial charge in [0.25, 0.3) is 0 Å². The second kappa shape index (κ2) is 5.59. The highest BCUT2D eigenvalue weighted by molar-refractivity contribution is 6.03. The molecule has 19 heavy (non-hydrogen) atoms. The van der Waals surface area contributed by atoms with Crippen LogP contribution in [0.25, 0.3) is 0 Å². The Balaban J connectivity index is 2.14. The molecule has 1 amide bonds. The quantitative estimate of drug-likeness (QED) is 0.744. The first-order valence-electron chi connectivity index (χ1n) is 6.54. The molecule has 0 bridgehead atoms. The number of likely N-dealkylation sites (N-methyl/N-ethyl adjacent to an activating group) is 1. The topological polar surface area (TPSA) is 64.6 Å². The van der Waals surface area contributed by atoms with E-state index in [0.717, 1.165) is 29.9 Å². The van der Waals surface area contributed by atoms with Crippen LogP contribution in [0.5, 0.6) is 0 Å². The molecule has 2 rings (SSSR count). The largest absolute Gasteiger partial charge is 0.393 e. The molecule has 0 saturated carbocycles. The number of benzene rings is 1. The van der Waals surface area contributed by atoms with E-state index in [0.29, 0.717) is 0 Å². The highest BCUT2D eigenvalue weighted by Gasteiger charge is 2.29. The maximum absolute atomic E-state index is 11.7. The zero-order chi connectivity index (χ0) is 14.0. The van der Waals surface area contributed by atoms with Crippen LogP contribution in [0.3, 0.4) is 0 Å². The SMILES string of the molecule is CNC1C(=O)Nc2cc(N(C)CCC(C)O)ccc21. The van der Waals surface area contributed by atoms with E-state index in [1.54, 1.807) is 14.0 Å². The summed E-state index contributed by atoms with van der Waals surface area (Å²) in [7, 11) is 3.76. The van der Waals surface area contributed by atoms with Gasteiger partial charge < -0.3 is 20.6 Å². The Morgan fingerprint density at radius 2 is 2.26 bits per heavy atom. The van der Waals surface area contributed by atoms with Crippen LogP contribution in [0.2, 0.25) is 0 Å². The number of aliphatic hydroxyl groups is 1. The Bertz CT molecular complexity index is 474. The first kappa shape index (κ1) is 13.8. The van der Waals surface area contributed by atoms with Crippen molar-refractivity contribution < 1.29 is 9.90 Å². The smallest absolute Gasteiger partial charge is 0.246 e. The van der Waals surface area contributed by atoms with E-state index in [-0.39, 0.29) is 18.1 Å². The standard InChI is InChI=1S/C14H21N3O2/c1-9(18)6-7-17(3)10-4-5-11-12(8-10)16-14(19)13(11)15-2/h4-5,8-9,13,15,18H,6-7H2,1-3H3,(H,16,19). The normalized spacial score (nSPS) is 18.9. The summed E-state index contributed by atoms with van der Waals surface area (Å²) in [5.74, 6) is -0.0127. The van der Waals surface area contributed by atoms with Crippen molar-refractivity contribution in [3.8, 4) is 0 Å². The average molecular weight is 263 g/mol. The summed E-state index contributed by atoms with van der Waals surface area (Å²) in [6.07, 6.45) is 0.421. The van der Waals surface area contributed by atoms with Gasteiger partial charge in [0.2, 0.25) is 5.91 Å². The number of rotatable bonds is 5. The lowest BCUT2D eigenvalue weighted by Crippen LogP contribution is -2.23. The molecule has 3 N–H and O–H groups in total. The molecule has 1 aromatic rings.